The van der Waals surface area contributed by atoms with E-state index in [-0.39, 0.29) is 5.41 Å². The minimum atomic E-state index is 0.252. The molecule has 0 aliphatic rings. The second kappa shape index (κ2) is 18.1. The topological polar surface area (TPSA) is 51.2 Å². The molecule has 4 heteroatoms. The number of carbonyl (C=O) groups is 3. The molecule has 0 heterocycles. The van der Waals surface area contributed by atoms with Crippen LogP contribution in [0.2, 0.25) is 4.85 Å². The molecule has 0 aromatic carbocycles. The van der Waals surface area contributed by atoms with Gasteiger partial charge in [-0.15, -0.1) is 0 Å². The number of carbonyl (C=O) groups excluding carboxylic acids is 3. The molecule has 0 bridgehead atoms. The Labute approximate surface area is 94.5 Å². The van der Waals surface area contributed by atoms with Gasteiger partial charge in [0.05, 0.1) is 0 Å². The molecule has 0 rings (SSSR count). The summed E-state index contributed by atoms with van der Waals surface area (Å²) in [6.45, 7) is 16.1. The Balaban J connectivity index is -0.0000000708. The van der Waals surface area contributed by atoms with Crippen LogP contribution in [0.1, 0.15) is 20.8 Å². The van der Waals surface area contributed by atoms with Crippen molar-refractivity contribution in [2.75, 3.05) is 0 Å². The molecule has 0 aromatic heterocycles. The summed E-state index contributed by atoms with van der Waals surface area (Å²) < 4.78 is 0. The third-order valence-electron chi connectivity index (χ3n) is 0.985. The van der Waals surface area contributed by atoms with Crippen LogP contribution >= 0.6 is 0 Å². The molecule has 0 saturated heterocycles. The van der Waals surface area contributed by atoms with Crippen LogP contribution in [0.25, 0.3) is 0 Å². The van der Waals surface area contributed by atoms with Gasteiger partial charge in [-0.05, 0) is 0 Å². The largest absolute Gasteiger partial charge is 0.307 e. The van der Waals surface area contributed by atoms with E-state index in [4.69, 9.17) is 14.4 Å². The normalized spacial score (nSPS) is 9.79. The Kier molecular flexibility index (Phi) is 30.1. The van der Waals surface area contributed by atoms with Crippen LogP contribution in [0.15, 0.2) is 12.7 Å². The maximum Gasteiger partial charge on any atom is 0.106 e. The summed E-state index contributed by atoms with van der Waals surface area (Å²) in [5, 5.41) is 0. The van der Waals surface area contributed by atoms with E-state index in [0.717, 1.165) is 0 Å². The fraction of sp³-hybridized carbons (Fsp3) is 0.500. The quantitative estimate of drug-likeness (QED) is 0.665. The van der Waals surface area contributed by atoms with E-state index in [0.29, 0.717) is 4.85 Å². The van der Waals surface area contributed by atoms with E-state index in [2.05, 4.69) is 43.1 Å². The summed E-state index contributed by atoms with van der Waals surface area (Å²) in [5.41, 5.74) is 0.252. The number of hydrogen-bond acceptors (Lipinski definition) is 3. The zero-order valence-electron chi connectivity index (χ0n) is 9.04. The molecule has 0 aromatic rings. The van der Waals surface area contributed by atoms with Crippen LogP contribution < -0.4 is 0 Å². The fourth-order valence-corrected chi connectivity index (χ4v) is 0.354. The molecule has 0 saturated carbocycles. The molecule has 0 fully saturated rings. The molecule has 1 unspecified atom stereocenters. The molecule has 0 aliphatic heterocycles. The Morgan fingerprint density at radius 2 is 1.21 bits per heavy atom. The van der Waals surface area contributed by atoms with Crippen molar-refractivity contribution < 1.29 is 30.1 Å². The van der Waals surface area contributed by atoms with Gasteiger partial charge in [-0.3, -0.25) is 0 Å². The van der Waals surface area contributed by atoms with Gasteiger partial charge in [0.1, 0.15) is 20.4 Å². The molecule has 14 heavy (non-hydrogen) atoms. The van der Waals surface area contributed by atoms with Crippen molar-refractivity contribution in [1.82, 2.24) is 0 Å². The van der Waals surface area contributed by atoms with E-state index < -0.39 is 0 Å². The van der Waals surface area contributed by atoms with Gasteiger partial charge in [-0.2, -0.15) is 0 Å². The first-order valence-electron chi connectivity index (χ1n) is 3.59. The van der Waals surface area contributed by atoms with Crippen molar-refractivity contribution in [2.24, 2.45) is 5.41 Å². The van der Waals surface area contributed by atoms with E-state index >= 15 is 0 Å². The van der Waals surface area contributed by atoms with Gasteiger partial charge in [-0.1, -0.05) is 0 Å². The Bertz CT molecular complexity index is 116. The van der Waals surface area contributed by atoms with Gasteiger partial charge >= 0.3 is 59.4 Å². The first kappa shape index (κ1) is 23.2. The molecule has 0 radical (unpaired) electrons. The maximum atomic E-state index is 8.00. The summed E-state index contributed by atoms with van der Waals surface area (Å²) >= 11 is 4.34. The summed E-state index contributed by atoms with van der Waals surface area (Å²) in [6, 6.07) is 0. The van der Waals surface area contributed by atoms with Crippen LogP contribution in [0.5, 0.6) is 0 Å². The van der Waals surface area contributed by atoms with E-state index in [1.807, 2.05) is 26.4 Å². The minimum absolute atomic E-state index is 0.252. The van der Waals surface area contributed by atoms with Crippen LogP contribution in [-0.4, -0.2) is 20.4 Å². The number of hydrogen-bond donors (Lipinski definition) is 0. The van der Waals surface area contributed by atoms with Crippen LogP contribution in [0.4, 0.5) is 0 Å². The Morgan fingerprint density at radius 1 is 1.00 bits per heavy atom. The van der Waals surface area contributed by atoms with E-state index in [1.54, 1.807) is 0 Å². The predicted molar refractivity (Wildman–Crippen MR) is 54.8 cm³/mol. The second-order valence-corrected chi connectivity index (χ2v) is 3.62. The van der Waals surface area contributed by atoms with E-state index in [1.165, 1.54) is 0 Å². The van der Waals surface area contributed by atoms with Gasteiger partial charge in [0, 0.05) is 0 Å². The second-order valence-electron chi connectivity index (χ2n) is 2.98. The van der Waals surface area contributed by atoms with Crippen molar-refractivity contribution in [3.63, 3.8) is 0 Å². The molecule has 0 amide bonds. The number of rotatable bonds is 1. The van der Waals surface area contributed by atoms with Crippen molar-refractivity contribution in [3.8, 4) is 0 Å². The summed E-state index contributed by atoms with van der Waals surface area (Å²) in [7, 11) is 0. The Morgan fingerprint density at radius 3 is 1.21 bits per heavy atom. The molecular formula is C10H19CoO3. The monoisotopic (exact) mass is 246 g/mol. The third kappa shape index (κ3) is 22.5. The average Bonchev–Trinajstić information content (AvgIpc) is 2.24. The minimum Gasteiger partial charge on any atom is -0.307 e. The average molecular weight is 246 g/mol. The SMILES string of the molecule is C=C[CH]([Co])C(C)(C)C.C=O.C=O.C=O. The fourth-order valence-electron chi connectivity index (χ4n) is 0.354. The molecular weight excluding hydrogens is 227 g/mol. The van der Waals surface area contributed by atoms with Crippen molar-refractivity contribution >= 4 is 20.4 Å². The molecule has 1 atom stereocenters. The molecule has 0 N–H and O–H groups in total. The zero-order valence-corrected chi connectivity index (χ0v) is 10.1. The van der Waals surface area contributed by atoms with Crippen LogP contribution in [0.3, 0.4) is 0 Å². The summed E-state index contributed by atoms with van der Waals surface area (Å²) in [5.74, 6) is 0. The molecule has 0 spiro atoms. The van der Waals surface area contributed by atoms with Gasteiger partial charge < -0.3 is 14.4 Å². The first-order chi connectivity index (χ1) is 6.48. The first-order valence-corrected chi connectivity index (χ1v) is 4.19. The number of allylic oxidation sites excluding steroid dienone is 1. The van der Waals surface area contributed by atoms with Gasteiger partial charge in [0.15, 0.2) is 0 Å². The predicted octanol–water partition coefficient (Wildman–Crippen LogP) is 2.00. The van der Waals surface area contributed by atoms with Crippen LogP contribution in [-0.2, 0) is 30.1 Å². The molecule has 86 valence electrons. The van der Waals surface area contributed by atoms with Crippen molar-refractivity contribution in [3.05, 3.63) is 12.7 Å². The Hall–Kier alpha value is -0.744. The van der Waals surface area contributed by atoms with Gasteiger partial charge in [-0.25, -0.2) is 0 Å². The molecule has 0 aliphatic carbocycles. The van der Waals surface area contributed by atoms with Gasteiger partial charge in [0.25, 0.3) is 0 Å². The zero-order chi connectivity index (χ0) is 12.8. The maximum absolute atomic E-state index is 8.00. The smallest absolute Gasteiger partial charge is 0.106 e. The van der Waals surface area contributed by atoms with Crippen molar-refractivity contribution in [1.29, 1.82) is 0 Å². The third-order valence-corrected chi connectivity index (χ3v) is 2.13. The van der Waals surface area contributed by atoms with Gasteiger partial charge in [0.2, 0.25) is 0 Å². The summed E-state index contributed by atoms with van der Waals surface area (Å²) in [6.07, 6.45) is 1.86. The standard InChI is InChI=1S/C7H13.3CH2O.Co/c1-5-6-7(2,3)4;3*1-2;/h5-6H,1H2,2-4H3;3*1H2;. The van der Waals surface area contributed by atoms with E-state index in [9.17, 15) is 0 Å². The van der Waals surface area contributed by atoms with Crippen LogP contribution in [0, 0.1) is 5.41 Å². The van der Waals surface area contributed by atoms with Crippen molar-refractivity contribution in [2.45, 2.75) is 25.6 Å². The molecule has 3 nitrogen and oxygen atoms in total. The summed E-state index contributed by atoms with van der Waals surface area (Å²) in [4.78, 5) is 24.3.